The monoisotopic (exact) mass is 362 g/mol. The number of nitrogens with one attached hydrogen (secondary N) is 1. The highest BCUT2D eigenvalue weighted by molar-refractivity contribution is 5.87. The number of rotatable bonds is 7. The average Bonchev–Trinajstić information content (AvgIpc) is 3.04. The number of ether oxygens (including phenoxy) is 2. The Bertz CT molecular complexity index is 723. The summed E-state index contributed by atoms with van der Waals surface area (Å²) in [6, 6.07) is 5.56. The number of carbonyl (C=O) groups excluding carboxylic acids is 1. The van der Waals surface area contributed by atoms with Crippen molar-refractivity contribution in [2.45, 2.75) is 39.0 Å². The van der Waals surface area contributed by atoms with Crippen LogP contribution in [0.25, 0.3) is 0 Å². The first-order valence-corrected chi connectivity index (χ1v) is 8.03. The standard InChI is InChI=1S/C17H22N4O5/c1-17(2,3)26-16(24)20-13(10-21-18-8-9-19-21)11-25-14-6-4-12(5-7-14)15(22)23/h4-9,13H,10-11H2,1-3H3,(H,20,24)(H,22,23). The molecular weight excluding hydrogens is 340 g/mol. The van der Waals surface area contributed by atoms with Gasteiger partial charge in [0.1, 0.15) is 18.0 Å². The Morgan fingerprint density at radius 1 is 1.19 bits per heavy atom. The maximum absolute atomic E-state index is 12.0. The van der Waals surface area contributed by atoms with Crippen LogP contribution in [0.4, 0.5) is 4.79 Å². The number of hydrogen-bond donors (Lipinski definition) is 2. The third-order valence-electron chi connectivity index (χ3n) is 3.12. The van der Waals surface area contributed by atoms with Crippen LogP contribution in [0.2, 0.25) is 0 Å². The molecule has 0 aliphatic heterocycles. The van der Waals surface area contributed by atoms with E-state index < -0.39 is 23.7 Å². The van der Waals surface area contributed by atoms with Gasteiger partial charge in [0.2, 0.25) is 0 Å². The fourth-order valence-electron chi connectivity index (χ4n) is 2.04. The molecule has 140 valence electrons. The SMILES string of the molecule is CC(C)(C)OC(=O)NC(COc1ccc(C(=O)O)cc1)Cn1nccn1. The zero-order valence-electron chi connectivity index (χ0n) is 14.9. The average molecular weight is 362 g/mol. The molecule has 2 aromatic rings. The topological polar surface area (TPSA) is 116 Å². The molecule has 1 aromatic carbocycles. The lowest BCUT2D eigenvalue weighted by Gasteiger charge is -2.23. The molecule has 1 amide bonds. The number of amides is 1. The van der Waals surface area contributed by atoms with E-state index in [1.165, 1.54) is 29.3 Å². The van der Waals surface area contributed by atoms with E-state index in [1.807, 2.05) is 0 Å². The highest BCUT2D eigenvalue weighted by Crippen LogP contribution is 2.13. The molecule has 1 aromatic heterocycles. The molecule has 26 heavy (non-hydrogen) atoms. The van der Waals surface area contributed by atoms with Crippen LogP contribution in [-0.4, -0.2) is 50.4 Å². The van der Waals surface area contributed by atoms with E-state index in [0.29, 0.717) is 12.3 Å². The zero-order valence-corrected chi connectivity index (χ0v) is 14.9. The summed E-state index contributed by atoms with van der Waals surface area (Å²) in [4.78, 5) is 24.3. The van der Waals surface area contributed by atoms with Crippen LogP contribution in [0.15, 0.2) is 36.7 Å². The van der Waals surface area contributed by atoms with E-state index in [9.17, 15) is 9.59 Å². The molecule has 0 saturated carbocycles. The van der Waals surface area contributed by atoms with Crippen LogP contribution in [-0.2, 0) is 11.3 Å². The van der Waals surface area contributed by atoms with Gasteiger partial charge in [0.15, 0.2) is 0 Å². The van der Waals surface area contributed by atoms with Gasteiger partial charge in [0.25, 0.3) is 0 Å². The molecule has 0 spiro atoms. The largest absolute Gasteiger partial charge is 0.491 e. The summed E-state index contributed by atoms with van der Waals surface area (Å²) in [5, 5.41) is 19.7. The Balaban J connectivity index is 1.98. The number of nitrogens with zero attached hydrogens (tertiary/aromatic N) is 3. The van der Waals surface area contributed by atoms with E-state index in [4.69, 9.17) is 14.6 Å². The van der Waals surface area contributed by atoms with Crippen molar-refractivity contribution in [2.24, 2.45) is 0 Å². The van der Waals surface area contributed by atoms with E-state index >= 15 is 0 Å². The maximum atomic E-state index is 12.0. The van der Waals surface area contributed by atoms with Crippen molar-refractivity contribution in [3.05, 3.63) is 42.2 Å². The number of carboxylic acids is 1. The molecule has 9 heteroatoms. The minimum Gasteiger partial charge on any atom is -0.491 e. The molecule has 1 unspecified atom stereocenters. The quantitative estimate of drug-likeness (QED) is 0.773. The number of aromatic carboxylic acids is 1. The Labute approximate surface area is 150 Å². The summed E-state index contributed by atoms with van der Waals surface area (Å²) in [5.74, 6) is -0.523. The Kier molecular flexibility index (Phi) is 6.16. The van der Waals surface area contributed by atoms with Crippen LogP contribution < -0.4 is 10.1 Å². The third kappa shape index (κ3) is 6.42. The fraction of sp³-hybridized carbons (Fsp3) is 0.412. The second-order valence-corrected chi connectivity index (χ2v) is 6.57. The van der Waals surface area contributed by atoms with E-state index in [2.05, 4.69) is 15.5 Å². The molecule has 0 aliphatic rings. The summed E-state index contributed by atoms with van der Waals surface area (Å²) in [5.41, 5.74) is -0.451. The van der Waals surface area contributed by atoms with Crippen LogP contribution >= 0.6 is 0 Å². The molecule has 2 rings (SSSR count). The molecule has 0 radical (unpaired) electrons. The van der Waals surface area contributed by atoms with Crippen molar-refractivity contribution in [3.8, 4) is 5.75 Å². The number of aromatic nitrogens is 3. The summed E-state index contributed by atoms with van der Waals surface area (Å²) in [6.07, 6.45) is 2.51. The van der Waals surface area contributed by atoms with Crippen molar-refractivity contribution < 1.29 is 24.2 Å². The van der Waals surface area contributed by atoms with Gasteiger partial charge in [-0.05, 0) is 45.0 Å². The molecule has 0 saturated heterocycles. The number of hydrogen-bond acceptors (Lipinski definition) is 6. The summed E-state index contributed by atoms with van der Waals surface area (Å²) in [6.45, 7) is 5.75. The minimum atomic E-state index is -1.01. The van der Waals surface area contributed by atoms with Crippen molar-refractivity contribution in [1.82, 2.24) is 20.3 Å². The lowest BCUT2D eigenvalue weighted by molar-refractivity contribution is 0.0477. The predicted molar refractivity (Wildman–Crippen MR) is 92.1 cm³/mol. The van der Waals surface area contributed by atoms with E-state index in [0.717, 1.165) is 0 Å². The normalized spacial score (nSPS) is 12.3. The lowest BCUT2D eigenvalue weighted by atomic mass is 10.2. The van der Waals surface area contributed by atoms with Crippen molar-refractivity contribution in [3.63, 3.8) is 0 Å². The molecule has 0 fully saturated rings. The molecular formula is C17H22N4O5. The Morgan fingerprint density at radius 2 is 1.81 bits per heavy atom. The fourth-order valence-corrected chi connectivity index (χ4v) is 2.04. The van der Waals surface area contributed by atoms with Gasteiger partial charge in [-0.2, -0.15) is 15.0 Å². The Hall–Kier alpha value is -3.10. The van der Waals surface area contributed by atoms with E-state index in [1.54, 1.807) is 32.9 Å². The maximum Gasteiger partial charge on any atom is 0.408 e. The minimum absolute atomic E-state index is 0.132. The van der Waals surface area contributed by atoms with Crippen molar-refractivity contribution in [1.29, 1.82) is 0 Å². The third-order valence-corrected chi connectivity index (χ3v) is 3.12. The van der Waals surface area contributed by atoms with Gasteiger partial charge in [-0.15, -0.1) is 0 Å². The van der Waals surface area contributed by atoms with E-state index in [-0.39, 0.29) is 12.2 Å². The zero-order chi connectivity index (χ0) is 19.2. The Morgan fingerprint density at radius 3 is 2.35 bits per heavy atom. The first-order valence-electron chi connectivity index (χ1n) is 8.03. The van der Waals surface area contributed by atoms with Gasteiger partial charge in [-0.25, -0.2) is 9.59 Å². The van der Waals surface area contributed by atoms with Gasteiger partial charge in [0, 0.05) is 0 Å². The molecule has 9 nitrogen and oxygen atoms in total. The summed E-state index contributed by atoms with van der Waals surface area (Å²) < 4.78 is 10.9. The molecule has 1 heterocycles. The number of carboxylic acid groups (broad SMARTS) is 1. The number of benzene rings is 1. The first kappa shape index (κ1) is 19.2. The van der Waals surface area contributed by atoms with Crippen LogP contribution in [0.5, 0.6) is 5.75 Å². The highest BCUT2D eigenvalue weighted by Gasteiger charge is 2.21. The lowest BCUT2D eigenvalue weighted by Crippen LogP contribution is -2.44. The second kappa shape index (κ2) is 8.32. The number of carbonyl (C=O) groups is 2. The van der Waals surface area contributed by atoms with Crippen LogP contribution in [0.1, 0.15) is 31.1 Å². The number of alkyl carbamates (subject to hydrolysis) is 1. The van der Waals surface area contributed by atoms with Gasteiger partial charge < -0.3 is 19.9 Å². The van der Waals surface area contributed by atoms with Gasteiger partial charge >= 0.3 is 12.1 Å². The predicted octanol–water partition coefficient (Wildman–Crippen LogP) is 1.95. The highest BCUT2D eigenvalue weighted by atomic mass is 16.6. The van der Waals surface area contributed by atoms with Gasteiger partial charge in [-0.3, -0.25) is 0 Å². The molecule has 1 atom stereocenters. The summed E-state index contributed by atoms with van der Waals surface area (Å²) in [7, 11) is 0. The first-order chi connectivity index (χ1) is 12.2. The van der Waals surface area contributed by atoms with Crippen LogP contribution in [0, 0.1) is 0 Å². The summed E-state index contributed by atoms with van der Waals surface area (Å²) >= 11 is 0. The van der Waals surface area contributed by atoms with Crippen molar-refractivity contribution >= 4 is 12.1 Å². The van der Waals surface area contributed by atoms with Gasteiger partial charge in [-0.1, -0.05) is 0 Å². The smallest absolute Gasteiger partial charge is 0.408 e. The second-order valence-electron chi connectivity index (χ2n) is 6.57. The molecule has 0 bridgehead atoms. The van der Waals surface area contributed by atoms with Crippen molar-refractivity contribution in [2.75, 3.05) is 6.61 Å². The van der Waals surface area contributed by atoms with Gasteiger partial charge in [0.05, 0.1) is 30.5 Å². The molecule has 0 aliphatic carbocycles. The van der Waals surface area contributed by atoms with Crippen LogP contribution in [0.3, 0.4) is 0 Å². The molecule has 2 N–H and O–H groups in total.